The monoisotopic (exact) mass is 343 g/mol. The average molecular weight is 343 g/mol. The maximum Gasteiger partial charge on any atom is 0.260 e. The van der Waals surface area contributed by atoms with Gasteiger partial charge in [0.2, 0.25) is 0 Å². The first-order valence-corrected chi connectivity index (χ1v) is 8.67. The quantitative estimate of drug-likeness (QED) is 0.792. The van der Waals surface area contributed by atoms with Gasteiger partial charge in [0.25, 0.3) is 5.91 Å². The minimum atomic E-state index is -0.316. The maximum absolute atomic E-state index is 12.3. The van der Waals surface area contributed by atoms with Crippen molar-refractivity contribution in [1.29, 1.82) is 5.26 Å². The fourth-order valence-corrected chi connectivity index (χ4v) is 4.05. The molecule has 3 aromatic rings. The van der Waals surface area contributed by atoms with Gasteiger partial charge in [0.15, 0.2) is 0 Å². The Balaban J connectivity index is 1.47. The molecular weight excluding hydrogens is 326 g/mol. The number of pyridine rings is 1. The lowest BCUT2D eigenvalue weighted by molar-refractivity contribution is 0.102. The van der Waals surface area contributed by atoms with Gasteiger partial charge in [0.1, 0.15) is 5.82 Å². The van der Waals surface area contributed by atoms with Crippen molar-refractivity contribution in [3.05, 3.63) is 54.0 Å². The highest BCUT2D eigenvalue weighted by molar-refractivity contribution is 6.04. The number of anilines is 1. The summed E-state index contributed by atoms with van der Waals surface area (Å²) in [4.78, 5) is 16.6. The molecule has 1 atom stereocenters. The fraction of sp³-hybridized carbons (Fsp3) is 0.300. The standard InChI is InChI=1S/C20H17N5O/c1-25-10-15(9-23-25)18(26)24-17-7-14-6-16(3-2-13(14)8-22-17)20(12-21)11-19(20)4-5-19/h2-3,6-10H,4-5,11H2,1H3,(H,22,24,26)/t20-/m1/s1. The number of benzene rings is 1. The fourth-order valence-electron chi connectivity index (χ4n) is 4.05. The minimum Gasteiger partial charge on any atom is -0.306 e. The van der Waals surface area contributed by atoms with Crippen LogP contribution in [0.25, 0.3) is 10.8 Å². The zero-order chi connectivity index (χ0) is 17.9. The second-order valence-corrected chi connectivity index (χ2v) is 7.46. The van der Waals surface area contributed by atoms with Crippen LogP contribution in [0.3, 0.4) is 0 Å². The van der Waals surface area contributed by atoms with Crippen LogP contribution in [0, 0.1) is 16.7 Å². The number of hydrogen-bond donors (Lipinski definition) is 1. The van der Waals surface area contributed by atoms with E-state index >= 15 is 0 Å². The Labute approximate surface area is 150 Å². The first-order valence-electron chi connectivity index (χ1n) is 8.67. The number of nitrogens with one attached hydrogen (secondary N) is 1. The van der Waals surface area contributed by atoms with Gasteiger partial charge in [0.05, 0.1) is 23.2 Å². The molecule has 2 aliphatic rings. The highest BCUT2D eigenvalue weighted by atomic mass is 16.1. The number of hydrogen-bond acceptors (Lipinski definition) is 4. The number of carbonyl (C=O) groups is 1. The molecule has 2 saturated carbocycles. The molecular formula is C20H17N5O. The van der Waals surface area contributed by atoms with Crippen molar-refractivity contribution in [2.45, 2.75) is 24.7 Å². The minimum absolute atomic E-state index is 0.236. The third kappa shape index (κ3) is 2.07. The molecule has 2 fully saturated rings. The summed E-state index contributed by atoms with van der Waals surface area (Å²) >= 11 is 0. The molecule has 6 heteroatoms. The number of carbonyl (C=O) groups excluding carboxylic acids is 1. The smallest absolute Gasteiger partial charge is 0.260 e. The summed E-state index contributed by atoms with van der Waals surface area (Å²) in [5, 5.41) is 18.5. The number of nitrogens with zero attached hydrogens (tertiary/aromatic N) is 4. The molecule has 2 aromatic heterocycles. The Morgan fingerprint density at radius 1 is 1.27 bits per heavy atom. The van der Waals surface area contributed by atoms with Crippen LogP contribution < -0.4 is 5.32 Å². The lowest BCUT2D eigenvalue weighted by atomic mass is 9.92. The molecule has 0 saturated heterocycles. The van der Waals surface area contributed by atoms with Crippen molar-refractivity contribution < 1.29 is 4.79 Å². The van der Waals surface area contributed by atoms with Crippen molar-refractivity contribution in [1.82, 2.24) is 14.8 Å². The Bertz CT molecular complexity index is 1100. The maximum atomic E-state index is 12.3. The summed E-state index contributed by atoms with van der Waals surface area (Å²) < 4.78 is 1.58. The van der Waals surface area contributed by atoms with Crippen LogP contribution in [-0.2, 0) is 12.5 Å². The zero-order valence-corrected chi connectivity index (χ0v) is 14.4. The second kappa shape index (κ2) is 4.92. The molecule has 0 radical (unpaired) electrons. The van der Waals surface area contributed by atoms with Crippen LogP contribution in [0.4, 0.5) is 5.82 Å². The average Bonchev–Trinajstić information content (AvgIpc) is 3.52. The van der Waals surface area contributed by atoms with Crippen molar-refractivity contribution in [3.8, 4) is 6.07 Å². The Morgan fingerprint density at radius 3 is 2.77 bits per heavy atom. The summed E-state index contributed by atoms with van der Waals surface area (Å²) in [6.07, 6.45) is 8.21. The van der Waals surface area contributed by atoms with Crippen molar-refractivity contribution in [2.24, 2.45) is 12.5 Å². The van der Waals surface area contributed by atoms with E-state index in [9.17, 15) is 10.1 Å². The van der Waals surface area contributed by atoms with Gasteiger partial charge >= 0.3 is 0 Å². The molecule has 1 amide bonds. The molecule has 128 valence electrons. The van der Waals surface area contributed by atoms with Crippen molar-refractivity contribution in [3.63, 3.8) is 0 Å². The lowest BCUT2D eigenvalue weighted by Gasteiger charge is -2.11. The summed E-state index contributed by atoms with van der Waals surface area (Å²) in [7, 11) is 1.77. The van der Waals surface area contributed by atoms with Crippen LogP contribution in [0.2, 0.25) is 0 Å². The van der Waals surface area contributed by atoms with Gasteiger partial charge in [-0.05, 0) is 47.8 Å². The van der Waals surface area contributed by atoms with E-state index < -0.39 is 0 Å². The van der Waals surface area contributed by atoms with E-state index in [-0.39, 0.29) is 16.7 Å². The SMILES string of the molecule is Cn1cc(C(=O)Nc2cc3cc([C@]4(C#N)CC45CC5)ccc3cn2)cn1. The number of amides is 1. The third-order valence-electron chi connectivity index (χ3n) is 5.85. The van der Waals surface area contributed by atoms with Crippen LogP contribution >= 0.6 is 0 Å². The molecule has 5 rings (SSSR count). The van der Waals surface area contributed by atoms with Crippen molar-refractivity contribution >= 4 is 22.5 Å². The summed E-state index contributed by atoms with van der Waals surface area (Å²) in [6.45, 7) is 0. The van der Waals surface area contributed by atoms with E-state index in [2.05, 4.69) is 27.5 Å². The number of aryl methyl sites for hydroxylation is 1. The summed E-state index contributed by atoms with van der Waals surface area (Å²) in [5.41, 5.74) is 1.49. The molecule has 1 aromatic carbocycles. The third-order valence-corrected chi connectivity index (χ3v) is 5.85. The van der Waals surface area contributed by atoms with Gasteiger partial charge < -0.3 is 5.32 Å². The van der Waals surface area contributed by atoms with Gasteiger partial charge in [-0.15, -0.1) is 0 Å². The first-order chi connectivity index (χ1) is 12.6. The van der Waals surface area contributed by atoms with E-state index in [1.54, 1.807) is 24.1 Å². The molecule has 1 spiro atoms. The van der Waals surface area contributed by atoms with Gasteiger partial charge in [-0.25, -0.2) is 4.98 Å². The molecule has 26 heavy (non-hydrogen) atoms. The molecule has 0 unspecified atom stereocenters. The predicted molar refractivity (Wildman–Crippen MR) is 96.5 cm³/mol. The number of fused-ring (bicyclic) bond motifs is 1. The van der Waals surface area contributed by atoms with Gasteiger partial charge in [-0.2, -0.15) is 10.4 Å². The number of nitriles is 1. The molecule has 6 nitrogen and oxygen atoms in total. The van der Waals surface area contributed by atoms with Crippen LogP contribution in [0.1, 0.15) is 35.2 Å². The number of rotatable bonds is 3. The molecule has 1 N–H and O–H groups in total. The van der Waals surface area contributed by atoms with Crippen LogP contribution in [0.15, 0.2) is 42.9 Å². The first kappa shape index (κ1) is 15.1. The normalized spacial score (nSPS) is 22.2. The van der Waals surface area contributed by atoms with E-state index in [0.717, 1.165) is 35.6 Å². The molecule has 2 aliphatic carbocycles. The van der Waals surface area contributed by atoms with Crippen molar-refractivity contribution in [2.75, 3.05) is 5.32 Å². The van der Waals surface area contributed by atoms with E-state index in [1.807, 2.05) is 18.2 Å². The van der Waals surface area contributed by atoms with E-state index in [0.29, 0.717) is 11.4 Å². The van der Waals surface area contributed by atoms with Gasteiger partial charge in [-0.3, -0.25) is 9.48 Å². The van der Waals surface area contributed by atoms with Gasteiger partial charge in [0, 0.05) is 24.8 Å². The largest absolute Gasteiger partial charge is 0.306 e. The Morgan fingerprint density at radius 2 is 2.12 bits per heavy atom. The second-order valence-electron chi connectivity index (χ2n) is 7.46. The molecule has 0 aliphatic heterocycles. The lowest BCUT2D eigenvalue weighted by Crippen LogP contribution is -2.12. The van der Waals surface area contributed by atoms with Gasteiger partial charge in [-0.1, -0.05) is 12.1 Å². The number of aromatic nitrogens is 3. The topological polar surface area (TPSA) is 83.6 Å². The molecule has 2 heterocycles. The highest BCUT2D eigenvalue weighted by Crippen LogP contribution is 2.78. The Hall–Kier alpha value is -3.20. The summed E-state index contributed by atoms with van der Waals surface area (Å²) in [6, 6.07) is 10.6. The van der Waals surface area contributed by atoms with E-state index in [1.165, 1.54) is 6.20 Å². The Kier molecular flexibility index (Phi) is 2.85. The molecule has 0 bridgehead atoms. The van der Waals surface area contributed by atoms with Crippen LogP contribution in [-0.4, -0.2) is 20.7 Å². The van der Waals surface area contributed by atoms with E-state index in [4.69, 9.17) is 0 Å². The zero-order valence-electron chi connectivity index (χ0n) is 14.4. The van der Waals surface area contributed by atoms with Crippen LogP contribution in [0.5, 0.6) is 0 Å². The predicted octanol–water partition coefficient (Wildman–Crippen LogP) is 3.17. The highest BCUT2D eigenvalue weighted by Gasteiger charge is 2.75. The summed E-state index contributed by atoms with van der Waals surface area (Å²) in [5.74, 6) is 0.250.